The van der Waals surface area contributed by atoms with Gasteiger partial charge in [0.15, 0.2) is 0 Å². The standard InChI is InChI=1S/C10H16N4O2/c1-6(15)7-2-3-14(5-7)10(16)9-8(11)4-12-13-9/h4,6-7,15H,2-3,5,11H2,1H3,(H,12,13). The number of H-pyrrole nitrogens is 1. The molecule has 1 aromatic heterocycles. The Morgan fingerprint density at radius 1 is 1.81 bits per heavy atom. The molecular weight excluding hydrogens is 208 g/mol. The molecule has 16 heavy (non-hydrogen) atoms. The molecule has 1 aliphatic heterocycles. The third kappa shape index (κ3) is 1.88. The zero-order chi connectivity index (χ0) is 11.7. The third-order valence-electron chi connectivity index (χ3n) is 3.08. The van der Waals surface area contributed by atoms with Crippen molar-refractivity contribution in [2.45, 2.75) is 19.4 Å². The van der Waals surface area contributed by atoms with Crippen LogP contribution in [-0.2, 0) is 0 Å². The normalized spacial score (nSPS) is 22.4. The van der Waals surface area contributed by atoms with Crippen molar-refractivity contribution in [3.63, 3.8) is 0 Å². The molecule has 4 N–H and O–H groups in total. The van der Waals surface area contributed by atoms with Crippen molar-refractivity contribution in [1.29, 1.82) is 0 Å². The molecule has 1 amide bonds. The molecule has 0 spiro atoms. The molecule has 0 radical (unpaired) electrons. The fraction of sp³-hybridized carbons (Fsp3) is 0.600. The first kappa shape index (κ1) is 10.9. The van der Waals surface area contributed by atoms with Gasteiger partial charge in [0.25, 0.3) is 5.91 Å². The molecule has 1 saturated heterocycles. The number of aliphatic hydroxyl groups excluding tert-OH is 1. The fourth-order valence-electron chi connectivity index (χ4n) is 1.99. The number of hydrogen-bond acceptors (Lipinski definition) is 4. The summed E-state index contributed by atoms with van der Waals surface area (Å²) >= 11 is 0. The van der Waals surface area contributed by atoms with Gasteiger partial charge in [-0.05, 0) is 13.3 Å². The minimum atomic E-state index is -0.378. The minimum Gasteiger partial charge on any atom is -0.396 e. The summed E-state index contributed by atoms with van der Waals surface area (Å²) in [5.74, 6) is 0.0197. The highest BCUT2D eigenvalue weighted by Gasteiger charge is 2.30. The number of rotatable bonds is 2. The lowest BCUT2D eigenvalue weighted by Gasteiger charge is -2.17. The molecule has 6 nitrogen and oxygen atoms in total. The van der Waals surface area contributed by atoms with E-state index >= 15 is 0 Å². The number of carbonyl (C=O) groups is 1. The van der Waals surface area contributed by atoms with Crippen LogP contribution >= 0.6 is 0 Å². The molecule has 1 fully saturated rings. The molecule has 1 aliphatic rings. The van der Waals surface area contributed by atoms with Gasteiger partial charge in [0.1, 0.15) is 5.69 Å². The van der Waals surface area contributed by atoms with Crippen LogP contribution < -0.4 is 5.73 Å². The van der Waals surface area contributed by atoms with E-state index in [1.54, 1.807) is 11.8 Å². The maximum absolute atomic E-state index is 12.0. The maximum Gasteiger partial charge on any atom is 0.274 e. The summed E-state index contributed by atoms with van der Waals surface area (Å²) in [5.41, 5.74) is 6.32. The number of carbonyl (C=O) groups excluding carboxylic acids is 1. The van der Waals surface area contributed by atoms with Crippen LogP contribution in [-0.4, -0.2) is 45.3 Å². The maximum atomic E-state index is 12.0. The predicted molar refractivity (Wildman–Crippen MR) is 58.7 cm³/mol. The predicted octanol–water partition coefficient (Wildman–Crippen LogP) is -0.165. The number of nitrogens with two attached hydrogens (primary N) is 1. The van der Waals surface area contributed by atoms with Gasteiger partial charge < -0.3 is 15.7 Å². The highest BCUT2D eigenvalue weighted by atomic mass is 16.3. The van der Waals surface area contributed by atoms with Crippen LogP contribution in [0.3, 0.4) is 0 Å². The number of nitrogens with zero attached hydrogens (tertiary/aromatic N) is 2. The van der Waals surface area contributed by atoms with Gasteiger partial charge in [0, 0.05) is 19.0 Å². The molecule has 0 bridgehead atoms. The number of aromatic nitrogens is 2. The molecule has 0 aromatic carbocycles. The number of likely N-dealkylation sites (tertiary alicyclic amines) is 1. The second-order valence-corrected chi connectivity index (χ2v) is 4.24. The lowest BCUT2D eigenvalue weighted by molar-refractivity contribution is 0.0758. The molecule has 2 rings (SSSR count). The Hall–Kier alpha value is -1.56. The number of anilines is 1. The van der Waals surface area contributed by atoms with Crippen molar-refractivity contribution in [3.8, 4) is 0 Å². The first-order valence-electron chi connectivity index (χ1n) is 5.35. The van der Waals surface area contributed by atoms with Crippen LogP contribution in [0.4, 0.5) is 5.69 Å². The summed E-state index contributed by atoms with van der Waals surface area (Å²) in [4.78, 5) is 13.7. The van der Waals surface area contributed by atoms with E-state index in [1.807, 2.05) is 0 Å². The Morgan fingerprint density at radius 2 is 2.56 bits per heavy atom. The Morgan fingerprint density at radius 3 is 3.06 bits per heavy atom. The van der Waals surface area contributed by atoms with E-state index in [1.165, 1.54) is 6.20 Å². The summed E-state index contributed by atoms with van der Waals surface area (Å²) in [7, 11) is 0. The van der Waals surface area contributed by atoms with E-state index in [0.29, 0.717) is 24.5 Å². The quantitative estimate of drug-likeness (QED) is 0.650. The van der Waals surface area contributed by atoms with Gasteiger partial charge in [-0.2, -0.15) is 5.10 Å². The molecule has 0 saturated carbocycles. The number of amides is 1. The second-order valence-electron chi connectivity index (χ2n) is 4.24. The average Bonchev–Trinajstić information content (AvgIpc) is 2.84. The van der Waals surface area contributed by atoms with Crippen molar-refractivity contribution in [2.75, 3.05) is 18.8 Å². The van der Waals surface area contributed by atoms with Crippen molar-refractivity contribution in [3.05, 3.63) is 11.9 Å². The smallest absolute Gasteiger partial charge is 0.274 e. The summed E-state index contributed by atoms with van der Waals surface area (Å²) in [6.45, 7) is 2.99. The lowest BCUT2D eigenvalue weighted by Crippen LogP contribution is -2.31. The minimum absolute atomic E-state index is 0.141. The van der Waals surface area contributed by atoms with Gasteiger partial charge in [0.05, 0.1) is 18.0 Å². The van der Waals surface area contributed by atoms with Gasteiger partial charge in [-0.3, -0.25) is 9.89 Å². The fourth-order valence-corrected chi connectivity index (χ4v) is 1.99. The van der Waals surface area contributed by atoms with E-state index in [9.17, 15) is 9.90 Å². The van der Waals surface area contributed by atoms with Crippen molar-refractivity contribution in [2.24, 2.45) is 5.92 Å². The zero-order valence-corrected chi connectivity index (χ0v) is 9.18. The number of nitrogen functional groups attached to an aromatic ring is 1. The molecule has 1 aromatic rings. The van der Waals surface area contributed by atoms with E-state index in [0.717, 1.165) is 6.42 Å². The molecule has 2 atom stereocenters. The Kier molecular flexibility index (Phi) is 2.82. The SMILES string of the molecule is CC(O)C1CCN(C(=O)c2[nH]ncc2N)C1. The van der Waals surface area contributed by atoms with Crippen LogP contribution in [0.2, 0.25) is 0 Å². The van der Waals surface area contributed by atoms with E-state index in [4.69, 9.17) is 5.73 Å². The number of aliphatic hydroxyl groups is 1. The third-order valence-corrected chi connectivity index (χ3v) is 3.08. The average molecular weight is 224 g/mol. The second kappa shape index (κ2) is 4.13. The van der Waals surface area contributed by atoms with Crippen molar-refractivity contribution < 1.29 is 9.90 Å². The highest BCUT2D eigenvalue weighted by molar-refractivity contribution is 5.97. The summed E-state index contributed by atoms with van der Waals surface area (Å²) < 4.78 is 0. The number of nitrogens with one attached hydrogen (secondary N) is 1. The molecule has 2 heterocycles. The van der Waals surface area contributed by atoms with Crippen LogP contribution in [0, 0.1) is 5.92 Å². The summed E-state index contributed by atoms with van der Waals surface area (Å²) in [6, 6.07) is 0. The molecule has 2 unspecified atom stereocenters. The van der Waals surface area contributed by atoms with Gasteiger partial charge in [-0.15, -0.1) is 0 Å². The molecular formula is C10H16N4O2. The summed E-state index contributed by atoms with van der Waals surface area (Å²) in [6.07, 6.45) is 1.88. The Labute approximate surface area is 93.4 Å². The van der Waals surface area contributed by atoms with E-state index in [2.05, 4.69) is 10.2 Å². The summed E-state index contributed by atoms with van der Waals surface area (Å²) in [5, 5.41) is 15.8. The molecule has 88 valence electrons. The van der Waals surface area contributed by atoms with Gasteiger partial charge in [0.2, 0.25) is 0 Å². The Balaban J connectivity index is 2.05. The first-order valence-corrected chi connectivity index (χ1v) is 5.35. The van der Waals surface area contributed by atoms with Gasteiger partial charge >= 0.3 is 0 Å². The van der Waals surface area contributed by atoms with Crippen molar-refractivity contribution >= 4 is 11.6 Å². The van der Waals surface area contributed by atoms with Crippen LogP contribution in [0.15, 0.2) is 6.20 Å². The monoisotopic (exact) mass is 224 g/mol. The first-order chi connectivity index (χ1) is 7.59. The van der Waals surface area contributed by atoms with Crippen LogP contribution in [0.25, 0.3) is 0 Å². The van der Waals surface area contributed by atoms with E-state index in [-0.39, 0.29) is 17.9 Å². The zero-order valence-electron chi connectivity index (χ0n) is 9.18. The molecule has 0 aliphatic carbocycles. The van der Waals surface area contributed by atoms with Crippen LogP contribution in [0.1, 0.15) is 23.8 Å². The largest absolute Gasteiger partial charge is 0.396 e. The van der Waals surface area contributed by atoms with Gasteiger partial charge in [-0.25, -0.2) is 0 Å². The molecule has 6 heteroatoms. The highest BCUT2D eigenvalue weighted by Crippen LogP contribution is 2.22. The Bertz CT molecular complexity index is 388. The van der Waals surface area contributed by atoms with E-state index < -0.39 is 0 Å². The lowest BCUT2D eigenvalue weighted by atomic mass is 10.0. The number of aromatic amines is 1. The topological polar surface area (TPSA) is 95.2 Å². The van der Waals surface area contributed by atoms with Gasteiger partial charge in [-0.1, -0.05) is 0 Å². The number of hydrogen-bond donors (Lipinski definition) is 3. The van der Waals surface area contributed by atoms with Crippen LogP contribution in [0.5, 0.6) is 0 Å². The van der Waals surface area contributed by atoms with Crippen molar-refractivity contribution in [1.82, 2.24) is 15.1 Å².